The second-order valence-electron chi connectivity index (χ2n) is 2.27. The molecule has 0 saturated heterocycles. The van der Waals surface area contributed by atoms with E-state index in [-0.39, 0.29) is 10.6 Å². The second-order valence-corrected chi connectivity index (χ2v) is 3.80. The summed E-state index contributed by atoms with van der Waals surface area (Å²) < 4.78 is 21.5. The molecule has 0 spiro atoms. The number of primary sulfonamides is 1. The minimum atomic E-state index is -3.86. The van der Waals surface area contributed by atoms with Crippen molar-refractivity contribution >= 4 is 15.7 Å². The predicted molar refractivity (Wildman–Crippen MR) is 43.9 cm³/mol. The predicted octanol–water partition coefficient (Wildman–Crippen LogP) is -0.378. The summed E-state index contributed by atoms with van der Waals surface area (Å²) in [6, 6.07) is 3.62. The third-order valence-electron chi connectivity index (χ3n) is 1.29. The van der Waals surface area contributed by atoms with E-state index in [4.69, 9.17) is 16.0 Å². The lowest BCUT2D eigenvalue weighted by Crippen LogP contribution is -2.12. The molecule has 1 aromatic carbocycles. The van der Waals surface area contributed by atoms with Crippen LogP contribution in [0.2, 0.25) is 0 Å². The molecule has 0 aliphatic carbocycles. The Morgan fingerprint density at radius 2 is 1.92 bits per heavy atom. The lowest BCUT2D eigenvalue weighted by molar-refractivity contribution is 0.459. The van der Waals surface area contributed by atoms with Crippen molar-refractivity contribution in [2.75, 3.05) is 5.73 Å². The van der Waals surface area contributed by atoms with Crippen molar-refractivity contribution in [3.8, 4) is 5.75 Å². The molecule has 0 saturated carbocycles. The van der Waals surface area contributed by atoms with Crippen molar-refractivity contribution < 1.29 is 13.5 Å². The average molecular weight is 188 g/mol. The summed E-state index contributed by atoms with van der Waals surface area (Å²) in [5.41, 5.74) is 5.55. The quantitative estimate of drug-likeness (QED) is 0.522. The van der Waals surface area contributed by atoms with Gasteiger partial charge in [-0.2, -0.15) is 0 Å². The van der Waals surface area contributed by atoms with E-state index in [0.717, 1.165) is 12.1 Å². The van der Waals surface area contributed by atoms with E-state index in [1.807, 2.05) is 0 Å². The van der Waals surface area contributed by atoms with Gasteiger partial charge in [0.1, 0.15) is 10.6 Å². The Bertz CT molecular complexity index is 399. The van der Waals surface area contributed by atoms with Gasteiger partial charge in [-0.3, -0.25) is 0 Å². The fraction of sp³-hybridized carbons (Fsp3) is 0. The van der Waals surface area contributed by atoms with Crippen LogP contribution in [-0.4, -0.2) is 13.5 Å². The molecule has 0 heterocycles. The number of nitrogens with two attached hydrogens (primary N) is 2. The fourth-order valence-electron chi connectivity index (χ4n) is 0.775. The van der Waals surface area contributed by atoms with E-state index in [1.54, 1.807) is 0 Å². The zero-order chi connectivity index (χ0) is 9.35. The highest BCUT2D eigenvalue weighted by Gasteiger charge is 2.12. The van der Waals surface area contributed by atoms with Gasteiger partial charge in [0.2, 0.25) is 10.0 Å². The first-order valence-corrected chi connectivity index (χ1v) is 4.57. The van der Waals surface area contributed by atoms with Crippen molar-refractivity contribution in [2.45, 2.75) is 4.90 Å². The third kappa shape index (κ3) is 1.66. The summed E-state index contributed by atoms with van der Waals surface area (Å²) in [7, 11) is -3.86. The van der Waals surface area contributed by atoms with Gasteiger partial charge in [0.05, 0.1) is 0 Å². The van der Waals surface area contributed by atoms with E-state index in [0.29, 0.717) is 0 Å². The summed E-state index contributed by atoms with van der Waals surface area (Å²) >= 11 is 0. The van der Waals surface area contributed by atoms with Crippen LogP contribution in [0.1, 0.15) is 0 Å². The maximum atomic E-state index is 10.7. The maximum Gasteiger partial charge on any atom is 0.241 e. The maximum absolute atomic E-state index is 10.7. The summed E-state index contributed by atoms with van der Waals surface area (Å²) in [5, 5.41) is 13.9. The molecule has 1 aromatic rings. The topological polar surface area (TPSA) is 106 Å². The Morgan fingerprint density at radius 3 is 2.33 bits per heavy atom. The number of hydrogen-bond acceptors (Lipinski definition) is 4. The van der Waals surface area contributed by atoms with Crippen LogP contribution in [0.5, 0.6) is 5.75 Å². The zero-order valence-corrected chi connectivity index (χ0v) is 6.88. The molecule has 66 valence electrons. The molecule has 0 unspecified atom stereocenters. The van der Waals surface area contributed by atoms with Crippen molar-refractivity contribution in [3.63, 3.8) is 0 Å². The molecule has 0 fully saturated rings. The van der Waals surface area contributed by atoms with Crippen LogP contribution in [0.15, 0.2) is 23.1 Å². The van der Waals surface area contributed by atoms with Crippen LogP contribution in [0.4, 0.5) is 5.69 Å². The van der Waals surface area contributed by atoms with Crippen LogP contribution >= 0.6 is 0 Å². The number of sulfonamides is 1. The number of rotatable bonds is 1. The van der Waals surface area contributed by atoms with E-state index in [2.05, 4.69) is 0 Å². The second kappa shape index (κ2) is 2.65. The minimum Gasteiger partial charge on any atom is -0.506 e. The van der Waals surface area contributed by atoms with Crippen LogP contribution in [-0.2, 0) is 10.0 Å². The van der Waals surface area contributed by atoms with Crippen LogP contribution in [0.3, 0.4) is 0 Å². The molecule has 0 aliphatic rings. The lowest BCUT2D eigenvalue weighted by atomic mass is 10.3. The Morgan fingerprint density at radius 1 is 1.33 bits per heavy atom. The first kappa shape index (κ1) is 8.82. The van der Waals surface area contributed by atoms with Gasteiger partial charge in [0.15, 0.2) is 0 Å². The van der Waals surface area contributed by atoms with Crippen molar-refractivity contribution in [1.29, 1.82) is 0 Å². The molecular formula is C6H8N2O3S. The van der Waals surface area contributed by atoms with Gasteiger partial charge in [-0.15, -0.1) is 0 Å². The molecule has 12 heavy (non-hydrogen) atoms. The first-order valence-electron chi connectivity index (χ1n) is 3.02. The van der Waals surface area contributed by atoms with Crippen LogP contribution in [0, 0.1) is 0 Å². The number of hydrogen-bond donors (Lipinski definition) is 3. The molecule has 6 heteroatoms. The Hall–Kier alpha value is -1.27. The molecule has 0 amide bonds. The summed E-state index contributed by atoms with van der Waals surface area (Å²) in [5.74, 6) is -0.433. The van der Waals surface area contributed by atoms with E-state index < -0.39 is 15.8 Å². The Kier molecular flexibility index (Phi) is 1.95. The van der Waals surface area contributed by atoms with Gasteiger partial charge in [-0.05, 0) is 12.1 Å². The Balaban J connectivity index is 3.39. The summed E-state index contributed by atoms with van der Waals surface area (Å²) in [6.07, 6.45) is 0. The molecule has 0 aromatic heterocycles. The van der Waals surface area contributed by atoms with Gasteiger partial charge < -0.3 is 10.8 Å². The molecule has 0 atom stereocenters. The zero-order valence-electron chi connectivity index (χ0n) is 6.06. The molecule has 0 bridgehead atoms. The SMILES string of the molecule is Nc1ccc(S(N)(=O)=O)c(O)c1. The third-order valence-corrected chi connectivity index (χ3v) is 2.25. The average Bonchev–Trinajstić information content (AvgIpc) is 1.83. The fourth-order valence-corrected chi connectivity index (χ4v) is 1.38. The number of aromatic hydroxyl groups is 1. The highest BCUT2D eigenvalue weighted by Crippen LogP contribution is 2.23. The van der Waals surface area contributed by atoms with Crippen LogP contribution < -0.4 is 10.9 Å². The highest BCUT2D eigenvalue weighted by atomic mass is 32.2. The molecule has 1 rings (SSSR count). The molecule has 0 aliphatic heterocycles. The lowest BCUT2D eigenvalue weighted by Gasteiger charge is -2.01. The van der Waals surface area contributed by atoms with Crippen molar-refractivity contribution in [1.82, 2.24) is 0 Å². The molecule has 0 radical (unpaired) electrons. The standard InChI is InChI=1S/C6H8N2O3S/c7-4-1-2-6(5(9)3-4)12(8,10)11/h1-3,9H,7H2,(H2,8,10,11). The van der Waals surface area contributed by atoms with E-state index in [9.17, 15) is 8.42 Å². The van der Waals surface area contributed by atoms with Crippen LogP contribution in [0.25, 0.3) is 0 Å². The molecular weight excluding hydrogens is 180 g/mol. The van der Waals surface area contributed by atoms with Gasteiger partial charge in [0, 0.05) is 11.8 Å². The van der Waals surface area contributed by atoms with Gasteiger partial charge in [-0.25, -0.2) is 13.6 Å². The summed E-state index contributed by atoms with van der Waals surface area (Å²) in [6.45, 7) is 0. The Labute approximate surface area is 69.7 Å². The first-order chi connectivity index (χ1) is 5.41. The number of phenolic OH excluding ortho intramolecular Hbond substituents is 1. The van der Waals surface area contributed by atoms with Gasteiger partial charge in [-0.1, -0.05) is 0 Å². The normalized spacial score (nSPS) is 11.4. The molecule has 5 nitrogen and oxygen atoms in total. The number of anilines is 1. The van der Waals surface area contributed by atoms with Crippen molar-refractivity contribution in [3.05, 3.63) is 18.2 Å². The smallest absolute Gasteiger partial charge is 0.241 e. The number of phenols is 1. The minimum absolute atomic E-state index is 0.278. The van der Waals surface area contributed by atoms with Gasteiger partial charge >= 0.3 is 0 Å². The number of nitrogen functional groups attached to an aromatic ring is 1. The molecule has 5 N–H and O–H groups in total. The van der Waals surface area contributed by atoms with Gasteiger partial charge in [0.25, 0.3) is 0 Å². The van der Waals surface area contributed by atoms with Crippen molar-refractivity contribution in [2.24, 2.45) is 5.14 Å². The largest absolute Gasteiger partial charge is 0.506 e. The monoisotopic (exact) mass is 188 g/mol. The van der Waals surface area contributed by atoms with E-state index >= 15 is 0 Å². The van der Waals surface area contributed by atoms with E-state index in [1.165, 1.54) is 6.07 Å². The number of benzene rings is 1. The highest BCUT2D eigenvalue weighted by molar-refractivity contribution is 7.89. The summed E-state index contributed by atoms with van der Waals surface area (Å²) in [4.78, 5) is -0.322.